The van der Waals surface area contributed by atoms with E-state index in [4.69, 9.17) is 9.96 Å². The molecule has 0 rings (SSSR count). The van der Waals surface area contributed by atoms with Gasteiger partial charge in [0.05, 0.1) is 0 Å². The van der Waals surface area contributed by atoms with Gasteiger partial charge in [0, 0.05) is 0 Å². The fourth-order valence-electron chi connectivity index (χ4n) is 0. The molecule has 0 spiro atoms. The summed E-state index contributed by atoms with van der Waals surface area (Å²) in [6.45, 7) is 0. The number of hydrogen-bond donors (Lipinski definition) is 2. The van der Waals surface area contributed by atoms with Crippen LogP contribution in [0.3, 0.4) is 0 Å². The fraction of sp³-hybridized carbons (Fsp3) is 0. The average Bonchev–Trinajstić information content (AvgIpc) is 0.811. The molecule has 0 aliphatic rings. The van der Waals surface area contributed by atoms with E-state index in [1.807, 2.05) is 0 Å². The van der Waals surface area contributed by atoms with E-state index < -0.39 is 20.6 Å². The van der Waals surface area contributed by atoms with Crippen molar-refractivity contribution < 1.29 is 15.4 Å². The van der Waals surface area contributed by atoms with Crippen LogP contribution >= 0.6 is 0 Å². The monoisotopic (exact) mass is 608 g/mol. The summed E-state index contributed by atoms with van der Waals surface area (Å²) in [6, 6.07) is 0. The van der Waals surface area contributed by atoms with Gasteiger partial charge < -0.3 is 5.48 Å². The van der Waals surface area contributed by atoms with Gasteiger partial charge in [0.1, 0.15) is 0 Å². The Balaban J connectivity index is -0.0000000150. The van der Waals surface area contributed by atoms with Crippen molar-refractivity contribution in [2.24, 2.45) is 0 Å². The molecule has 0 fully saturated rings. The molecule has 7 heteroatoms. The molecule has 0 atom stereocenters. The minimum absolute atomic E-state index is 0. The summed E-state index contributed by atoms with van der Waals surface area (Å²) in [7, 11) is 0. The van der Waals surface area contributed by atoms with Crippen LogP contribution in [0.25, 0.3) is 0 Å². The molecule has 4 N–H and O–H groups in total. The van der Waals surface area contributed by atoms with Crippen molar-refractivity contribution in [1.29, 1.82) is 0 Å². The van der Waals surface area contributed by atoms with Gasteiger partial charge in [-0.1, -0.05) is 0 Å². The Morgan fingerprint density at radius 3 is 1.14 bits per heavy atom. The molecule has 0 saturated heterocycles. The molecule has 0 saturated carbocycles. The molecule has 44 valence electrons. The predicted molar refractivity (Wildman–Crippen MR) is 31.6 cm³/mol. The van der Waals surface area contributed by atoms with Crippen LogP contribution in [0.2, 0.25) is 0 Å². The van der Waals surface area contributed by atoms with Gasteiger partial charge in [-0.25, -0.2) is 0 Å². The van der Waals surface area contributed by atoms with Gasteiger partial charge in [0.2, 0.25) is 0 Å². The maximum absolute atomic E-state index is 8.84. The van der Waals surface area contributed by atoms with Crippen LogP contribution in [0.15, 0.2) is 0 Å². The van der Waals surface area contributed by atoms with Crippen molar-refractivity contribution in [3.05, 3.63) is 0 Å². The van der Waals surface area contributed by atoms with E-state index in [0.717, 1.165) is 0 Å². The SMILES string of the molecule is O.[O]=[Sn]([OH])[OH].[PbH2].[PbH2]. The Bertz CT molecular complexity index is 32.7. The Hall–Kier alpha value is 2.32. The molecular weight excluding hydrogens is 597 g/mol. The first-order valence-corrected chi connectivity index (χ1v) is 4.37. The molecule has 0 aromatic carbocycles. The van der Waals surface area contributed by atoms with E-state index in [9.17, 15) is 0 Å². The third-order valence-electron chi connectivity index (χ3n) is 0. The van der Waals surface area contributed by atoms with Crippen molar-refractivity contribution in [3.63, 3.8) is 0 Å². The molecule has 0 amide bonds. The molecular formula is H8O4Pb2Sn. The zero-order valence-electron chi connectivity index (χ0n) is 3.72. The molecule has 0 bridgehead atoms. The second-order valence-electron chi connectivity index (χ2n) is 0.283. The van der Waals surface area contributed by atoms with Gasteiger partial charge in [-0.05, 0) is 0 Å². The van der Waals surface area contributed by atoms with Gasteiger partial charge in [0.25, 0.3) is 0 Å². The Labute approximate surface area is 89.1 Å². The molecule has 0 unspecified atom stereocenters. The third-order valence-corrected chi connectivity index (χ3v) is 0. The van der Waals surface area contributed by atoms with Gasteiger partial charge in [-0.3, -0.25) is 0 Å². The van der Waals surface area contributed by atoms with Crippen molar-refractivity contribution in [2.45, 2.75) is 0 Å². The number of rotatable bonds is 0. The van der Waals surface area contributed by atoms with E-state index in [2.05, 4.69) is 0 Å². The summed E-state index contributed by atoms with van der Waals surface area (Å²) >= 11 is -3.79. The van der Waals surface area contributed by atoms with Gasteiger partial charge in [-0.15, -0.1) is 0 Å². The molecule has 0 aliphatic carbocycles. The molecule has 0 aliphatic heterocycles. The minimum atomic E-state index is -3.79. The second-order valence-corrected chi connectivity index (χ2v) is 1.90. The van der Waals surface area contributed by atoms with E-state index in [-0.39, 0.29) is 60.1 Å². The first-order chi connectivity index (χ1) is 1.73. The van der Waals surface area contributed by atoms with Crippen molar-refractivity contribution >= 4 is 75.2 Å². The quantitative estimate of drug-likeness (QED) is 0.275. The molecule has 0 aromatic rings. The van der Waals surface area contributed by atoms with Crippen LogP contribution in [-0.4, -0.2) is 87.5 Å². The van der Waals surface area contributed by atoms with E-state index >= 15 is 0 Å². The van der Waals surface area contributed by atoms with Crippen molar-refractivity contribution in [3.8, 4) is 0 Å². The van der Waals surface area contributed by atoms with Crippen LogP contribution < -0.4 is 0 Å². The van der Waals surface area contributed by atoms with Crippen molar-refractivity contribution in [1.82, 2.24) is 0 Å². The topological polar surface area (TPSA) is 89.0 Å². The molecule has 7 heavy (non-hydrogen) atoms. The average molecular weight is 605 g/mol. The molecule has 4 radical (unpaired) electrons. The summed E-state index contributed by atoms with van der Waals surface area (Å²) in [4.78, 5) is 0. The maximum atomic E-state index is 8.84. The van der Waals surface area contributed by atoms with Crippen LogP contribution in [0, 0.1) is 0 Å². The first kappa shape index (κ1) is 22.8. The van der Waals surface area contributed by atoms with Gasteiger partial charge >= 0.3 is 85.1 Å². The predicted octanol–water partition coefficient (Wildman–Crippen LogP) is -4.27. The van der Waals surface area contributed by atoms with Crippen LogP contribution in [0.4, 0.5) is 0 Å². The number of hydrogen-bond acceptors (Lipinski definition) is 1. The molecule has 0 heterocycles. The Morgan fingerprint density at radius 1 is 1.14 bits per heavy atom. The summed E-state index contributed by atoms with van der Waals surface area (Å²) < 4.78 is 23.3. The van der Waals surface area contributed by atoms with E-state index in [0.29, 0.717) is 0 Å². The molecule has 4 nitrogen and oxygen atoms in total. The zero-order chi connectivity index (χ0) is 3.58. The van der Waals surface area contributed by atoms with Crippen molar-refractivity contribution in [2.75, 3.05) is 0 Å². The Kier molecular flexibility index (Phi) is 51.3. The Morgan fingerprint density at radius 2 is 1.14 bits per heavy atom. The first-order valence-electron chi connectivity index (χ1n) is 0.651. The second kappa shape index (κ2) is 15.8. The fourth-order valence-corrected chi connectivity index (χ4v) is 0. The summed E-state index contributed by atoms with van der Waals surface area (Å²) in [6.07, 6.45) is 0. The van der Waals surface area contributed by atoms with Crippen LogP contribution in [0.1, 0.15) is 0 Å². The van der Waals surface area contributed by atoms with E-state index in [1.165, 1.54) is 0 Å². The molecule has 0 aromatic heterocycles. The van der Waals surface area contributed by atoms with Crippen LogP contribution in [-0.2, 0) is 3.08 Å². The summed E-state index contributed by atoms with van der Waals surface area (Å²) in [5.74, 6) is 0. The third kappa shape index (κ3) is 61.7. The van der Waals surface area contributed by atoms with Crippen LogP contribution in [0.5, 0.6) is 0 Å². The standard InChI is InChI=1S/3H2O.O.2Pb.Sn.4H/h3*1H2;;;;;;;;/q;;;;;;+2;;;;/p-2. The normalized spacial score (nSPS) is 3.71. The summed E-state index contributed by atoms with van der Waals surface area (Å²) in [5, 5.41) is 0. The van der Waals surface area contributed by atoms with Gasteiger partial charge in [0.15, 0.2) is 0 Å². The summed E-state index contributed by atoms with van der Waals surface area (Å²) in [5.41, 5.74) is 0. The van der Waals surface area contributed by atoms with Gasteiger partial charge in [-0.2, -0.15) is 0 Å². The van der Waals surface area contributed by atoms with E-state index in [1.54, 1.807) is 0 Å². The zero-order valence-corrected chi connectivity index (χ0v) is 17.6.